The molecule has 0 amide bonds. The summed E-state index contributed by atoms with van der Waals surface area (Å²) in [6.45, 7) is 0.603. The van der Waals surface area contributed by atoms with Crippen LogP contribution in [0, 0.1) is 0 Å². The SMILES string of the molecule is O=S(=O)(NCCc1cnc[nH]1)C1=NCc2ncccc21. The number of aliphatic imine (C=N–C) groups is 1. The average molecular weight is 291 g/mol. The van der Waals surface area contributed by atoms with Gasteiger partial charge in [0.05, 0.1) is 18.6 Å². The zero-order valence-electron chi connectivity index (χ0n) is 10.6. The highest BCUT2D eigenvalue weighted by atomic mass is 32.2. The number of pyridine rings is 1. The van der Waals surface area contributed by atoms with E-state index in [4.69, 9.17) is 0 Å². The summed E-state index contributed by atoms with van der Waals surface area (Å²) in [4.78, 5) is 15.0. The van der Waals surface area contributed by atoms with Gasteiger partial charge in [-0.25, -0.2) is 18.1 Å². The van der Waals surface area contributed by atoms with Crippen molar-refractivity contribution in [3.05, 3.63) is 47.8 Å². The molecule has 0 fully saturated rings. The van der Waals surface area contributed by atoms with Crippen molar-refractivity contribution >= 4 is 15.1 Å². The zero-order chi connectivity index (χ0) is 14.0. The molecule has 0 bridgehead atoms. The number of aromatic nitrogens is 3. The minimum Gasteiger partial charge on any atom is -0.348 e. The summed E-state index contributed by atoms with van der Waals surface area (Å²) in [6, 6.07) is 3.43. The predicted molar refractivity (Wildman–Crippen MR) is 73.7 cm³/mol. The Morgan fingerprint density at radius 1 is 1.40 bits per heavy atom. The monoisotopic (exact) mass is 291 g/mol. The third-order valence-corrected chi connectivity index (χ3v) is 4.43. The third-order valence-electron chi connectivity index (χ3n) is 2.99. The van der Waals surface area contributed by atoms with Gasteiger partial charge in [0.25, 0.3) is 10.0 Å². The Kier molecular flexibility index (Phi) is 3.33. The normalized spacial score (nSPS) is 14.1. The molecule has 8 heteroatoms. The summed E-state index contributed by atoms with van der Waals surface area (Å²) in [7, 11) is -3.60. The van der Waals surface area contributed by atoms with Crippen LogP contribution >= 0.6 is 0 Å². The predicted octanol–water partition coefficient (Wildman–Crippen LogP) is 0.227. The van der Waals surface area contributed by atoms with Crippen LogP contribution in [-0.2, 0) is 23.0 Å². The van der Waals surface area contributed by atoms with E-state index in [1.54, 1.807) is 30.9 Å². The third kappa shape index (κ3) is 2.47. The Bertz CT molecular complexity index is 737. The second-order valence-electron chi connectivity index (χ2n) is 4.34. The van der Waals surface area contributed by atoms with Gasteiger partial charge in [-0.15, -0.1) is 0 Å². The molecule has 0 saturated carbocycles. The molecule has 1 aliphatic heterocycles. The van der Waals surface area contributed by atoms with Crippen molar-refractivity contribution in [3.8, 4) is 0 Å². The van der Waals surface area contributed by atoms with Crippen LogP contribution in [0.25, 0.3) is 0 Å². The van der Waals surface area contributed by atoms with Crippen molar-refractivity contribution in [1.82, 2.24) is 19.7 Å². The first-order chi connectivity index (χ1) is 9.67. The molecule has 0 atom stereocenters. The van der Waals surface area contributed by atoms with E-state index in [2.05, 4.69) is 24.7 Å². The Morgan fingerprint density at radius 3 is 3.10 bits per heavy atom. The van der Waals surface area contributed by atoms with Crippen molar-refractivity contribution in [2.45, 2.75) is 13.0 Å². The molecular formula is C12H13N5O2S. The molecular weight excluding hydrogens is 278 g/mol. The minimum absolute atomic E-state index is 0.0743. The summed E-state index contributed by atoms with van der Waals surface area (Å²) in [5, 5.41) is 0.0743. The van der Waals surface area contributed by atoms with Gasteiger partial charge < -0.3 is 4.98 Å². The van der Waals surface area contributed by atoms with Crippen LogP contribution in [-0.4, -0.2) is 35.0 Å². The molecule has 1 aliphatic rings. The lowest BCUT2D eigenvalue weighted by molar-refractivity contribution is 0.593. The van der Waals surface area contributed by atoms with E-state index in [1.165, 1.54) is 0 Å². The Labute approximate surface area is 116 Å². The van der Waals surface area contributed by atoms with Gasteiger partial charge in [0, 0.05) is 36.6 Å². The molecule has 0 saturated heterocycles. The van der Waals surface area contributed by atoms with Crippen LogP contribution < -0.4 is 4.72 Å². The first-order valence-corrected chi connectivity index (χ1v) is 7.61. The minimum atomic E-state index is -3.60. The maximum Gasteiger partial charge on any atom is 0.258 e. The molecule has 0 radical (unpaired) electrons. The molecule has 2 N–H and O–H groups in total. The first-order valence-electron chi connectivity index (χ1n) is 6.12. The van der Waals surface area contributed by atoms with Crippen molar-refractivity contribution < 1.29 is 8.42 Å². The van der Waals surface area contributed by atoms with E-state index >= 15 is 0 Å². The molecule has 0 aliphatic carbocycles. The van der Waals surface area contributed by atoms with Crippen LogP contribution in [0.5, 0.6) is 0 Å². The number of fused-ring (bicyclic) bond motifs is 1. The maximum atomic E-state index is 12.2. The van der Waals surface area contributed by atoms with Gasteiger partial charge in [-0.3, -0.25) is 9.98 Å². The quantitative estimate of drug-likeness (QED) is 0.842. The fraction of sp³-hybridized carbons (Fsp3) is 0.250. The molecule has 2 aromatic rings. The number of nitrogens with zero attached hydrogens (tertiary/aromatic N) is 3. The summed E-state index contributed by atoms with van der Waals surface area (Å²) in [6.07, 6.45) is 5.41. The van der Waals surface area contributed by atoms with Crippen LogP contribution in [0.4, 0.5) is 0 Å². The number of hydrogen-bond acceptors (Lipinski definition) is 5. The zero-order valence-corrected chi connectivity index (χ0v) is 11.4. The summed E-state index contributed by atoms with van der Waals surface area (Å²) >= 11 is 0. The van der Waals surface area contributed by atoms with Crippen molar-refractivity contribution in [2.24, 2.45) is 4.99 Å². The fourth-order valence-corrected chi connectivity index (χ4v) is 3.25. The second kappa shape index (κ2) is 5.14. The van der Waals surface area contributed by atoms with Gasteiger partial charge in [0.15, 0.2) is 5.04 Å². The number of sulfonamides is 1. The van der Waals surface area contributed by atoms with Gasteiger partial charge in [0.2, 0.25) is 0 Å². The molecule has 3 heterocycles. The number of imidazole rings is 1. The van der Waals surface area contributed by atoms with Crippen molar-refractivity contribution in [1.29, 1.82) is 0 Å². The summed E-state index contributed by atoms with van der Waals surface area (Å²) < 4.78 is 27.0. The van der Waals surface area contributed by atoms with E-state index in [0.717, 1.165) is 5.69 Å². The molecule has 3 rings (SSSR count). The highest BCUT2D eigenvalue weighted by Gasteiger charge is 2.27. The largest absolute Gasteiger partial charge is 0.348 e. The van der Waals surface area contributed by atoms with Crippen LogP contribution in [0.3, 0.4) is 0 Å². The average Bonchev–Trinajstić information content (AvgIpc) is 3.07. The summed E-state index contributed by atoms with van der Waals surface area (Å²) in [5.41, 5.74) is 2.16. The van der Waals surface area contributed by atoms with E-state index in [-0.39, 0.29) is 5.04 Å². The molecule has 0 unspecified atom stereocenters. The topological polar surface area (TPSA) is 100 Å². The lowest BCUT2D eigenvalue weighted by Gasteiger charge is -2.06. The molecule has 20 heavy (non-hydrogen) atoms. The molecule has 0 aromatic carbocycles. The van der Waals surface area contributed by atoms with E-state index in [9.17, 15) is 8.42 Å². The Hall–Kier alpha value is -2.06. The van der Waals surface area contributed by atoms with Crippen molar-refractivity contribution in [3.63, 3.8) is 0 Å². The van der Waals surface area contributed by atoms with Gasteiger partial charge >= 0.3 is 0 Å². The van der Waals surface area contributed by atoms with Gasteiger partial charge in [-0.2, -0.15) is 0 Å². The molecule has 0 spiro atoms. The summed E-state index contributed by atoms with van der Waals surface area (Å²) in [5.74, 6) is 0. The van der Waals surface area contributed by atoms with E-state index in [0.29, 0.717) is 30.8 Å². The second-order valence-corrected chi connectivity index (χ2v) is 6.03. The highest BCUT2D eigenvalue weighted by Crippen LogP contribution is 2.18. The van der Waals surface area contributed by atoms with Gasteiger partial charge in [-0.1, -0.05) is 0 Å². The smallest absolute Gasteiger partial charge is 0.258 e. The molecule has 104 valence electrons. The number of aromatic amines is 1. The van der Waals surface area contributed by atoms with Crippen molar-refractivity contribution in [2.75, 3.05) is 6.54 Å². The highest BCUT2D eigenvalue weighted by molar-refractivity contribution is 8.05. The van der Waals surface area contributed by atoms with Gasteiger partial charge in [0.1, 0.15) is 0 Å². The number of H-pyrrole nitrogens is 1. The maximum absolute atomic E-state index is 12.2. The molecule has 2 aromatic heterocycles. The number of rotatable bonds is 4. The van der Waals surface area contributed by atoms with E-state index < -0.39 is 10.0 Å². The Balaban J connectivity index is 1.70. The van der Waals surface area contributed by atoms with Crippen LogP contribution in [0.2, 0.25) is 0 Å². The first kappa shape index (κ1) is 12.9. The Morgan fingerprint density at radius 2 is 2.30 bits per heavy atom. The molecule has 7 nitrogen and oxygen atoms in total. The number of nitrogens with one attached hydrogen (secondary N) is 2. The van der Waals surface area contributed by atoms with E-state index in [1.807, 2.05) is 0 Å². The standard InChI is InChI=1S/C12H13N5O2S/c18-20(19,17-5-3-9-6-13-8-16-9)12-10-2-1-4-14-11(10)7-15-12/h1-2,4,6,8,17H,3,5,7H2,(H,13,16). The van der Waals surface area contributed by atoms with Crippen LogP contribution in [0.1, 0.15) is 17.0 Å². The van der Waals surface area contributed by atoms with Crippen LogP contribution in [0.15, 0.2) is 35.8 Å². The number of hydrogen-bond donors (Lipinski definition) is 2. The van der Waals surface area contributed by atoms with Gasteiger partial charge in [-0.05, 0) is 12.1 Å². The lowest BCUT2D eigenvalue weighted by atomic mass is 10.2. The lowest BCUT2D eigenvalue weighted by Crippen LogP contribution is -2.32. The fourth-order valence-electron chi connectivity index (χ4n) is 2.03.